The number of non-ortho nitro benzene ring substituents is 1. The summed E-state index contributed by atoms with van der Waals surface area (Å²) in [5, 5.41) is 11.0. The zero-order chi connectivity index (χ0) is 19.6. The van der Waals surface area contributed by atoms with Crippen LogP contribution < -0.4 is 9.64 Å². The molecule has 3 rings (SSSR count). The summed E-state index contributed by atoms with van der Waals surface area (Å²) in [6.45, 7) is 3.24. The first-order valence-corrected chi connectivity index (χ1v) is 9.92. The van der Waals surface area contributed by atoms with Crippen molar-refractivity contribution < 1.29 is 18.1 Å². The van der Waals surface area contributed by atoms with Crippen molar-refractivity contribution >= 4 is 21.4 Å². The van der Waals surface area contributed by atoms with E-state index < -0.39 is 14.9 Å². The van der Waals surface area contributed by atoms with Gasteiger partial charge in [-0.1, -0.05) is 18.2 Å². The molecule has 0 radical (unpaired) electrons. The third-order valence-corrected chi connectivity index (χ3v) is 6.71. The van der Waals surface area contributed by atoms with Crippen molar-refractivity contribution in [3.8, 4) is 5.75 Å². The second-order valence-electron chi connectivity index (χ2n) is 6.27. The van der Waals surface area contributed by atoms with E-state index in [0.717, 1.165) is 17.5 Å². The van der Waals surface area contributed by atoms with Gasteiger partial charge in [0, 0.05) is 38.3 Å². The number of rotatable bonds is 5. The van der Waals surface area contributed by atoms with Crippen molar-refractivity contribution in [3.05, 3.63) is 58.1 Å². The van der Waals surface area contributed by atoms with Gasteiger partial charge in [-0.15, -0.1) is 0 Å². The molecule has 0 aromatic heterocycles. The molecule has 0 N–H and O–H groups in total. The van der Waals surface area contributed by atoms with Crippen LogP contribution in [0.5, 0.6) is 5.75 Å². The van der Waals surface area contributed by atoms with Crippen molar-refractivity contribution in [3.63, 3.8) is 0 Å². The number of benzene rings is 2. The highest BCUT2D eigenvalue weighted by Gasteiger charge is 2.31. The number of nitro groups is 1. The number of piperazine rings is 1. The van der Waals surface area contributed by atoms with Gasteiger partial charge in [-0.2, -0.15) is 4.31 Å². The van der Waals surface area contributed by atoms with Gasteiger partial charge in [0.15, 0.2) is 0 Å². The van der Waals surface area contributed by atoms with E-state index in [1.165, 1.54) is 16.4 Å². The second kappa shape index (κ2) is 7.53. The first-order chi connectivity index (χ1) is 12.8. The molecule has 2 aromatic carbocycles. The number of methoxy groups -OCH3 is 1. The lowest BCUT2D eigenvalue weighted by atomic mass is 10.2. The number of hydrogen-bond donors (Lipinski definition) is 0. The smallest absolute Gasteiger partial charge is 0.270 e. The van der Waals surface area contributed by atoms with Crippen LogP contribution in [-0.4, -0.2) is 50.9 Å². The van der Waals surface area contributed by atoms with E-state index in [2.05, 4.69) is 4.90 Å². The van der Waals surface area contributed by atoms with Crippen molar-refractivity contribution in [2.24, 2.45) is 0 Å². The van der Waals surface area contributed by atoms with Gasteiger partial charge in [-0.25, -0.2) is 8.42 Å². The lowest BCUT2D eigenvalue weighted by Gasteiger charge is -2.36. The Morgan fingerprint density at radius 3 is 2.37 bits per heavy atom. The van der Waals surface area contributed by atoms with Crippen molar-refractivity contribution in [1.29, 1.82) is 0 Å². The molecule has 0 unspecified atom stereocenters. The van der Waals surface area contributed by atoms with E-state index in [1.807, 2.05) is 24.3 Å². The van der Waals surface area contributed by atoms with Crippen LogP contribution in [-0.2, 0) is 10.0 Å². The SMILES string of the molecule is COc1ccccc1N1CCN(S(=O)(=O)c2cc([N+](=O)[O-])ccc2C)CC1. The van der Waals surface area contributed by atoms with E-state index in [9.17, 15) is 18.5 Å². The fourth-order valence-corrected chi connectivity index (χ4v) is 4.85. The molecule has 1 heterocycles. The molecule has 0 saturated carbocycles. The molecule has 9 heteroatoms. The van der Waals surface area contributed by atoms with E-state index >= 15 is 0 Å². The van der Waals surface area contributed by atoms with Crippen LogP contribution in [0.4, 0.5) is 11.4 Å². The van der Waals surface area contributed by atoms with Gasteiger partial charge < -0.3 is 9.64 Å². The number of ether oxygens (including phenoxy) is 1. The maximum Gasteiger partial charge on any atom is 0.270 e. The summed E-state index contributed by atoms with van der Waals surface area (Å²) in [5.74, 6) is 0.739. The second-order valence-corrected chi connectivity index (χ2v) is 8.18. The summed E-state index contributed by atoms with van der Waals surface area (Å²) < 4.78 is 32.8. The number of anilines is 1. The molecule has 1 aliphatic rings. The minimum Gasteiger partial charge on any atom is -0.495 e. The largest absolute Gasteiger partial charge is 0.495 e. The Morgan fingerprint density at radius 2 is 1.74 bits per heavy atom. The zero-order valence-corrected chi connectivity index (χ0v) is 16.0. The minimum atomic E-state index is -3.80. The van der Waals surface area contributed by atoms with Gasteiger partial charge in [0.2, 0.25) is 10.0 Å². The molecule has 0 bridgehead atoms. The lowest BCUT2D eigenvalue weighted by Crippen LogP contribution is -2.48. The predicted octanol–water partition coefficient (Wildman–Crippen LogP) is 2.42. The molecule has 27 heavy (non-hydrogen) atoms. The Balaban J connectivity index is 1.81. The Labute approximate surface area is 158 Å². The topological polar surface area (TPSA) is 93.0 Å². The van der Waals surface area contributed by atoms with Crippen molar-refractivity contribution in [1.82, 2.24) is 4.31 Å². The number of sulfonamides is 1. The van der Waals surface area contributed by atoms with Crippen LogP contribution in [0, 0.1) is 17.0 Å². The van der Waals surface area contributed by atoms with Gasteiger partial charge in [0.25, 0.3) is 5.69 Å². The van der Waals surface area contributed by atoms with Gasteiger partial charge in [-0.3, -0.25) is 10.1 Å². The Hall–Kier alpha value is -2.65. The molecule has 2 aromatic rings. The average molecular weight is 391 g/mol. The first-order valence-electron chi connectivity index (χ1n) is 8.48. The molecule has 1 saturated heterocycles. The molecule has 1 fully saturated rings. The third kappa shape index (κ3) is 3.74. The summed E-state index contributed by atoms with van der Waals surface area (Å²) in [4.78, 5) is 12.5. The number of hydrogen-bond acceptors (Lipinski definition) is 6. The summed E-state index contributed by atoms with van der Waals surface area (Å²) >= 11 is 0. The molecule has 1 aliphatic heterocycles. The summed E-state index contributed by atoms with van der Waals surface area (Å²) in [6.07, 6.45) is 0. The first kappa shape index (κ1) is 19.1. The van der Waals surface area contributed by atoms with E-state index in [-0.39, 0.29) is 10.6 Å². The van der Waals surface area contributed by atoms with E-state index in [1.54, 1.807) is 14.0 Å². The summed E-state index contributed by atoms with van der Waals surface area (Å²) in [5.41, 5.74) is 1.18. The molecule has 8 nitrogen and oxygen atoms in total. The van der Waals surface area contributed by atoms with Crippen LogP contribution in [0.1, 0.15) is 5.56 Å². The lowest BCUT2D eigenvalue weighted by molar-refractivity contribution is -0.385. The highest BCUT2D eigenvalue weighted by atomic mass is 32.2. The van der Waals surface area contributed by atoms with Crippen LogP contribution in [0.3, 0.4) is 0 Å². The van der Waals surface area contributed by atoms with Crippen molar-refractivity contribution in [2.75, 3.05) is 38.2 Å². The molecule has 0 spiro atoms. The number of para-hydroxylation sites is 2. The maximum absolute atomic E-state index is 13.0. The highest BCUT2D eigenvalue weighted by molar-refractivity contribution is 7.89. The molecule has 0 atom stereocenters. The fourth-order valence-electron chi connectivity index (χ4n) is 3.18. The Kier molecular flexibility index (Phi) is 5.33. The normalized spacial score (nSPS) is 15.6. The molecular weight excluding hydrogens is 370 g/mol. The Morgan fingerprint density at radius 1 is 1.07 bits per heavy atom. The van der Waals surface area contributed by atoms with Gasteiger partial charge in [-0.05, 0) is 24.6 Å². The van der Waals surface area contributed by atoms with Crippen LogP contribution >= 0.6 is 0 Å². The third-order valence-electron chi connectivity index (χ3n) is 4.66. The average Bonchev–Trinajstić information content (AvgIpc) is 2.68. The minimum absolute atomic E-state index is 0.0116. The summed E-state index contributed by atoms with van der Waals surface area (Å²) in [7, 11) is -2.20. The Bertz CT molecular complexity index is 953. The summed E-state index contributed by atoms with van der Waals surface area (Å²) in [6, 6.07) is 11.5. The van der Waals surface area contributed by atoms with Crippen molar-refractivity contribution in [2.45, 2.75) is 11.8 Å². The molecule has 0 aliphatic carbocycles. The fraction of sp³-hybridized carbons (Fsp3) is 0.333. The number of nitrogens with zero attached hydrogens (tertiary/aromatic N) is 3. The number of nitro benzene ring substituents is 1. The monoisotopic (exact) mass is 391 g/mol. The van der Waals surface area contributed by atoms with E-state index in [0.29, 0.717) is 31.7 Å². The number of aryl methyl sites for hydroxylation is 1. The van der Waals surface area contributed by atoms with Gasteiger partial charge in [0.05, 0.1) is 22.6 Å². The molecular formula is C18H21N3O5S. The highest BCUT2D eigenvalue weighted by Crippen LogP contribution is 2.30. The molecule has 0 amide bonds. The van der Waals surface area contributed by atoms with Gasteiger partial charge >= 0.3 is 0 Å². The molecule has 144 valence electrons. The van der Waals surface area contributed by atoms with Crippen LogP contribution in [0.15, 0.2) is 47.4 Å². The standard InChI is InChI=1S/C18H21N3O5S/c1-14-7-8-15(21(22)23)13-18(14)27(24,25)20-11-9-19(10-12-20)16-5-3-4-6-17(16)26-2/h3-8,13H,9-12H2,1-2H3. The van der Waals surface area contributed by atoms with Crippen LogP contribution in [0.2, 0.25) is 0 Å². The van der Waals surface area contributed by atoms with Crippen LogP contribution in [0.25, 0.3) is 0 Å². The maximum atomic E-state index is 13.0. The van der Waals surface area contributed by atoms with Gasteiger partial charge in [0.1, 0.15) is 5.75 Å². The zero-order valence-electron chi connectivity index (χ0n) is 15.2. The quantitative estimate of drug-likeness (QED) is 0.574. The predicted molar refractivity (Wildman–Crippen MR) is 102 cm³/mol. The van der Waals surface area contributed by atoms with E-state index in [4.69, 9.17) is 4.74 Å².